The number of aromatic nitrogens is 1. The summed E-state index contributed by atoms with van der Waals surface area (Å²) in [5.41, 5.74) is 7.20. The van der Waals surface area contributed by atoms with Crippen LogP contribution in [0.25, 0.3) is 0 Å². The summed E-state index contributed by atoms with van der Waals surface area (Å²) in [4.78, 5) is 20.7. The van der Waals surface area contributed by atoms with Crippen LogP contribution < -0.4 is 16.0 Å². The van der Waals surface area contributed by atoms with E-state index in [2.05, 4.69) is 10.3 Å². The lowest BCUT2D eigenvalue weighted by atomic mass is 10.1. The zero-order chi connectivity index (χ0) is 20.5. The molecule has 1 amide bonds. The average Bonchev–Trinajstić information content (AvgIpc) is 3.15. The number of halogens is 2. The smallest absolute Gasteiger partial charge is 0.266 e. The Morgan fingerprint density at radius 2 is 2.24 bits per heavy atom. The van der Waals surface area contributed by atoms with E-state index < -0.39 is 17.5 Å². The topological polar surface area (TPSA) is 74.5 Å². The fraction of sp³-hybridized carbons (Fsp3) is 0.421. The van der Waals surface area contributed by atoms with Gasteiger partial charge in [-0.3, -0.25) is 4.79 Å². The highest BCUT2D eigenvalue weighted by atomic mass is 32.2. The van der Waals surface area contributed by atoms with Crippen molar-refractivity contribution in [2.75, 3.05) is 24.5 Å². The van der Waals surface area contributed by atoms with Crippen LogP contribution in [0, 0.1) is 5.95 Å². The summed E-state index contributed by atoms with van der Waals surface area (Å²) in [6, 6.07) is 3.37. The van der Waals surface area contributed by atoms with Crippen LogP contribution in [0.3, 0.4) is 0 Å². The fourth-order valence-corrected chi connectivity index (χ4v) is 5.24. The normalized spacial score (nSPS) is 25.2. The summed E-state index contributed by atoms with van der Waals surface area (Å²) in [6.45, 7) is 1.35. The van der Waals surface area contributed by atoms with Gasteiger partial charge in [-0.2, -0.15) is 4.39 Å². The Morgan fingerprint density at radius 3 is 2.93 bits per heavy atom. The monoisotopic (exact) mass is 437 g/mol. The summed E-state index contributed by atoms with van der Waals surface area (Å²) in [5.74, 6) is -0.370. The number of alkyl halides is 1. The molecule has 1 unspecified atom stereocenters. The highest BCUT2D eigenvalue weighted by molar-refractivity contribution is 8.04. The number of carbonyl (C=O) groups is 1. The molecule has 0 spiro atoms. The third-order valence-electron chi connectivity index (χ3n) is 5.28. The molecule has 2 atom stereocenters. The maximum Gasteiger partial charge on any atom is 0.266 e. The first-order valence-electron chi connectivity index (χ1n) is 9.42. The molecule has 3 aliphatic rings. The molecule has 1 saturated heterocycles. The zero-order valence-electron chi connectivity index (χ0n) is 15.6. The lowest BCUT2D eigenvalue weighted by molar-refractivity contribution is -0.124. The molecule has 0 saturated carbocycles. The van der Waals surface area contributed by atoms with Gasteiger partial charge in [0.2, 0.25) is 5.95 Å². The van der Waals surface area contributed by atoms with Crippen molar-refractivity contribution in [1.29, 1.82) is 0 Å². The molecule has 1 fully saturated rings. The number of rotatable bonds is 4. The molecule has 10 heteroatoms. The van der Waals surface area contributed by atoms with Gasteiger partial charge in [-0.05, 0) is 25.0 Å². The molecule has 6 nitrogen and oxygen atoms in total. The SMILES string of the molecule is N/C=C(\C=S)N1CCC2=C(SC(c3ccc(N4CCC[C@H](F)C4)nc3F)N2)C1=O. The molecule has 0 aliphatic carbocycles. The Hall–Kier alpha value is -2.20. The first kappa shape index (κ1) is 20.1. The van der Waals surface area contributed by atoms with Crippen LogP contribution in [-0.2, 0) is 4.79 Å². The van der Waals surface area contributed by atoms with Crippen molar-refractivity contribution in [3.05, 3.63) is 46.1 Å². The van der Waals surface area contributed by atoms with Gasteiger partial charge >= 0.3 is 0 Å². The van der Waals surface area contributed by atoms with Crippen molar-refractivity contribution in [3.63, 3.8) is 0 Å². The molecule has 1 aromatic heterocycles. The predicted molar refractivity (Wildman–Crippen MR) is 113 cm³/mol. The van der Waals surface area contributed by atoms with Crippen molar-refractivity contribution in [2.45, 2.75) is 30.8 Å². The number of amides is 1. The van der Waals surface area contributed by atoms with Crippen molar-refractivity contribution < 1.29 is 13.6 Å². The second kappa shape index (κ2) is 8.27. The summed E-state index contributed by atoms with van der Waals surface area (Å²) >= 11 is 6.19. The van der Waals surface area contributed by atoms with Crippen molar-refractivity contribution in [1.82, 2.24) is 15.2 Å². The lowest BCUT2D eigenvalue weighted by Gasteiger charge is -2.30. The largest absolute Gasteiger partial charge is 0.403 e. The van der Waals surface area contributed by atoms with Crippen LogP contribution >= 0.6 is 24.0 Å². The number of allylic oxidation sites excluding steroid dienone is 1. The fourth-order valence-electron chi connectivity index (χ4n) is 3.78. The van der Waals surface area contributed by atoms with Crippen LogP contribution in [0.15, 0.2) is 34.6 Å². The first-order valence-corrected chi connectivity index (χ1v) is 10.8. The van der Waals surface area contributed by atoms with Crippen molar-refractivity contribution >= 4 is 41.1 Å². The summed E-state index contributed by atoms with van der Waals surface area (Å²) in [6.07, 6.45) is 2.26. The van der Waals surface area contributed by atoms with Gasteiger partial charge in [-0.25, -0.2) is 9.37 Å². The molecule has 4 rings (SSSR count). The van der Waals surface area contributed by atoms with Crippen LogP contribution in [0.5, 0.6) is 0 Å². The highest BCUT2D eigenvalue weighted by Gasteiger charge is 2.37. The number of nitrogens with zero attached hydrogens (tertiary/aromatic N) is 3. The number of thioether (sulfide) groups is 1. The van der Waals surface area contributed by atoms with E-state index in [1.807, 2.05) is 0 Å². The van der Waals surface area contributed by atoms with Crippen LogP contribution in [-0.4, -0.2) is 47.0 Å². The van der Waals surface area contributed by atoms with E-state index in [1.165, 1.54) is 28.2 Å². The Balaban J connectivity index is 1.50. The maximum absolute atomic E-state index is 14.8. The Bertz CT molecular complexity index is 907. The number of thiocarbonyl (C=S) groups is 1. The number of piperidine rings is 1. The summed E-state index contributed by atoms with van der Waals surface area (Å²) in [5, 5.41) is 4.16. The molecule has 154 valence electrons. The molecule has 4 heterocycles. The molecule has 1 aromatic rings. The van der Waals surface area contributed by atoms with E-state index in [1.54, 1.807) is 17.0 Å². The van der Waals surface area contributed by atoms with E-state index in [9.17, 15) is 13.6 Å². The van der Waals surface area contributed by atoms with E-state index in [0.717, 1.165) is 12.1 Å². The predicted octanol–water partition coefficient (Wildman–Crippen LogP) is 2.74. The minimum atomic E-state index is -0.912. The molecule has 29 heavy (non-hydrogen) atoms. The Labute approximate surface area is 177 Å². The minimum absolute atomic E-state index is 0.198. The van der Waals surface area contributed by atoms with E-state index >= 15 is 0 Å². The molecule has 0 aromatic carbocycles. The highest BCUT2D eigenvalue weighted by Crippen LogP contribution is 2.44. The Morgan fingerprint density at radius 1 is 1.41 bits per heavy atom. The molecule has 0 radical (unpaired) electrons. The quantitative estimate of drug-likeness (QED) is 0.426. The molecule has 0 bridgehead atoms. The minimum Gasteiger partial charge on any atom is -0.403 e. The van der Waals surface area contributed by atoms with Gasteiger partial charge in [0.25, 0.3) is 5.91 Å². The van der Waals surface area contributed by atoms with Gasteiger partial charge in [-0.15, -0.1) is 0 Å². The van der Waals surface area contributed by atoms with E-state index in [4.69, 9.17) is 18.0 Å². The number of hydrogen-bond donors (Lipinski definition) is 2. The third kappa shape index (κ3) is 3.83. The third-order valence-corrected chi connectivity index (χ3v) is 6.78. The second-order valence-electron chi connectivity index (χ2n) is 7.10. The van der Waals surface area contributed by atoms with Gasteiger partial charge in [0.05, 0.1) is 17.1 Å². The van der Waals surface area contributed by atoms with Crippen molar-refractivity contribution in [2.24, 2.45) is 5.73 Å². The van der Waals surface area contributed by atoms with Crippen LogP contribution in [0.2, 0.25) is 0 Å². The standard InChI is InChI=1S/C19H21F2N5OS2/c20-11-2-1-6-25(9-11)15-4-3-13(17(21)24-15)18-23-14-5-7-26(12(8-22)10-28)19(27)16(14)29-18/h3-4,8,10-11,18,23H,1-2,5-7,9,22H2/b12-8+/t11-,18?/m0/s1. The lowest BCUT2D eigenvalue weighted by Crippen LogP contribution is -2.37. The van der Waals surface area contributed by atoms with Gasteiger partial charge in [0.15, 0.2) is 0 Å². The Kier molecular flexibility index (Phi) is 5.73. The molecular formula is C19H21F2N5OS2. The number of pyridine rings is 1. The van der Waals surface area contributed by atoms with Gasteiger partial charge in [0, 0.05) is 42.3 Å². The van der Waals surface area contributed by atoms with E-state index in [0.29, 0.717) is 47.9 Å². The summed E-state index contributed by atoms with van der Waals surface area (Å²) in [7, 11) is 0. The second-order valence-corrected chi connectivity index (χ2v) is 8.45. The van der Waals surface area contributed by atoms with Crippen molar-refractivity contribution in [3.8, 4) is 0 Å². The van der Waals surface area contributed by atoms with E-state index in [-0.39, 0.29) is 12.5 Å². The number of hydrogen-bond acceptors (Lipinski definition) is 7. The molecular weight excluding hydrogens is 416 g/mol. The average molecular weight is 438 g/mol. The van der Waals surface area contributed by atoms with Crippen LogP contribution in [0.4, 0.5) is 14.6 Å². The number of nitrogens with two attached hydrogens (primary N) is 1. The van der Waals surface area contributed by atoms with Gasteiger partial charge < -0.3 is 20.9 Å². The molecule has 3 aliphatic heterocycles. The van der Waals surface area contributed by atoms with Crippen LogP contribution in [0.1, 0.15) is 30.2 Å². The van der Waals surface area contributed by atoms with Gasteiger partial charge in [-0.1, -0.05) is 24.0 Å². The van der Waals surface area contributed by atoms with Gasteiger partial charge in [0.1, 0.15) is 17.4 Å². The maximum atomic E-state index is 14.8. The number of nitrogens with one attached hydrogen (secondary N) is 1. The number of carbonyl (C=O) groups excluding carboxylic acids is 1. The zero-order valence-corrected chi connectivity index (χ0v) is 17.2. The summed E-state index contributed by atoms with van der Waals surface area (Å²) < 4.78 is 28.5. The first-order chi connectivity index (χ1) is 14.0. The molecule has 3 N–H and O–H groups in total. The number of anilines is 1.